The minimum Gasteiger partial charge on any atom is -0.383 e. The summed E-state index contributed by atoms with van der Waals surface area (Å²) in [5.74, 6) is 0.514. The number of ether oxygens (including phenoxy) is 1. The zero-order valence-corrected chi connectivity index (χ0v) is 14.6. The van der Waals surface area contributed by atoms with E-state index in [0.29, 0.717) is 19.1 Å². The lowest BCUT2D eigenvalue weighted by molar-refractivity contribution is -0.137. The fraction of sp³-hybridized carbons (Fsp3) is 0.933. The predicted octanol–water partition coefficient (Wildman–Crippen LogP) is 1.22. The largest absolute Gasteiger partial charge is 0.383 e. The molecule has 1 rings (SSSR count). The van der Waals surface area contributed by atoms with Crippen LogP contribution in [0.25, 0.3) is 0 Å². The Hall–Kier alpha value is -0.360. The monoisotopic (exact) mass is 321 g/mol. The number of hydrogen-bond acceptors (Lipinski definition) is 4. The molecule has 126 valence electrons. The number of carbonyl (C=O) groups excluding carboxylic acids is 1. The van der Waals surface area contributed by atoms with Crippen LogP contribution in [0, 0.1) is 5.92 Å². The van der Waals surface area contributed by atoms with Gasteiger partial charge in [-0.15, -0.1) is 12.4 Å². The maximum atomic E-state index is 12.6. The van der Waals surface area contributed by atoms with E-state index in [-0.39, 0.29) is 18.3 Å². The zero-order valence-electron chi connectivity index (χ0n) is 13.8. The molecule has 1 N–H and O–H groups in total. The number of amides is 1. The van der Waals surface area contributed by atoms with Crippen molar-refractivity contribution in [3.05, 3.63) is 0 Å². The second-order valence-corrected chi connectivity index (χ2v) is 5.37. The predicted molar refractivity (Wildman–Crippen MR) is 89.1 cm³/mol. The Morgan fingerprint density at radius 1 is 1.14 bits per heavy atom. The molecular formula is C15H32ClN3O2. The summed E-state index contributed by atoms with van der Waals surface area (Å²) in [6.45, 7) is 11.4. The lowest BCUT2D eigenvalue weighted by Crippen LogP contribution is -2.45. The van der Waals surface area contributed by atoms with E-state index in [2.05, 4.69) is 24.1 Å². The average Bonchev–Trinajstić information content (AvgIpc) is 2.51. The van der Waals surface area contributed by atoms with Crippen molar-refractivity contribution >= 4 is 18.3 Å². The van der Waals surface area contributed by atoms with Crippen molar-refractivity contribution < 1.29 is 9.53 Å². The minimum atomic E-state index is 0. The molecule has 0 spiro atoms. The molecule has 0 saturated carbocycles. The van der Waals surface area contributed by atoms with Crippen molar-refractivity contribution in [3.8, 4) is 0 Å². The molecule has 1 aliphatic heterocycles. The van der Waals surface area contributed by atoms with Crippen molar-refractivity contribution in [1.82, 2.24) is 15.1 Å². The third kappa shape index (κ3) is 7.45. The van der Waals surface area contributed by atoms with Gasteiger partial charge >= 0.3 is 0 Å². The number of halogens is 1. The van der Waals surface area contributed by atoms with Gasteiger partial charge in [-0.1, -0.05) is 13.8 Å². The number of nitrogens with zero attached hydrogens (tertiary/aromatic N) is 2. The molecule has 0 aromatic carbocycles. The molecule has 1 heterocycles. The molecule has 0 aliphatic carbocycles. The highest BCUT2D eigenvalue weighted by Crippen LogP contribution is 2.15. The summed E-state index contributed by atoms with van der Waals surface area (Å²) in [4.78, 5) is 17.0. The highest BCUT2D eigenvalue weighted by atomic mass is 35.5. The van der Waals surface area contributed by atoms with Crippen molar-refractivity contribution in [1.29, 1.82) is 0 Å². The maximum Gasteiger partial charge on any atom is 0.225 e. The van der Waals surface area contributed by atoms with Gasteiger partial charge in [0.05, 0.1) is 6.61 Å². The minimum absolute atomic E-state index is 0. The van der Waals surface area contributed by atoms with Gasteiger partial charge in [0, 0.05) is 32.7 Å². The van der Waals surface area contributed by atoms with Gasteiger partial charge < -0.3 is 19.9 Å². The first-order valence-corrected chi connectivity index (χ1v) is 7.93. The Morgan fingerprint density at radius 2 is 1.76 bits per heavy atom. The summed E-state index contributed by atoms with van der Waals surface area (Å²) in [7, 11) is 1.69. The molecule has 0 bridgehead atoms. The number of nitrogens with one attached hydrogen (secondary N) is 1. The summed E-state index contributed by atoms with van der Waals surface area (Å²) < 4.78 is 5.15. The van der Waals surface area contributed by atoms with Crippen LogP contribution in [0.1, 0.15) is 26.7 Å². The van der Waals surface area contributed by atoms with Gasteiger partial charge in [0.25, 0.3) is 0 Å². The van der Waals surface area contributed by atoms with E-state index in [9.17, 15) is 4.79 Å². The van der Waals surface area contributed by atoms with Crippen molar-refractivity contribution in [3.63, 3.8) is 0 Å². The number of rotatable bonds is 9. The van der Waals surface area contributed by atoms with E-state index in [1.54, 1.807) is 7.11 Å². The van der Waals surface area contributed by atoms with E-state index in [1.807, 2.05) is 4.90 Å². The topological polar surface area (TPSA) is 44.8 Å². The van der Waals surface area contributed by atoms with Crippen LogP contribution in [-0.4, -0.2) is 75.2 Å². The first-order valence-electron chi connectivity index (χ1n) is 7.93. The van der Waals surface area contributed by atoms with E-state index >= 15 is 0 Å². The second kappa shape index (κ2) is 12.2. The molecule has 1 fully saturated rings. The highest BCUT2D eigenvalue weighted by Gasteiger charge is 2.25. The summed E-state index contributed by atoms with van der Waals surface area (Å²) in [6, 6.07) is 0. The third-order valence-corrected chi connectivity index (χ3v) is 4.15. The normalized spacial score (nSPS) is 15.8. The Bertz CT molecular complexity index is 270. The number of carbonyl (C=O) groups is 1. The van der Waals surface area contributed by atoms with E-state index in [0.717, 1.165) is 52.1 Å². The maximum absolute atomic E-state index is 12.6. The van der Waals surface area contributed by atoms with E-state index < -0.39 is 0 Å². The van der Waals surface area contributed by atoms with Crippen LogP contribution in [-0.2, 0) is 9.53 Å². The summed E-state index contributed by atoms with van der Waals surface area (Å²) in [6.07, 6.45) is 1.93. The van der Waals surface area contributed by atoms with Crippen LogP contribution in [0.3, 0.4) is 0 Å². The van der Waals surface area contributed by atoms with Crippen LogP contribution in [0.4, 0.5) is 0 Å². The molecule has 0 atom stereocenters. The first kappa shape index (κ1) is 20.6. The quantitative estimate of drug-likeness (QED) is 0.693. The summed E-state index contributed by atoms with van der Waals surface area (Å²) in [5, 5.41) is 3.32. The van der Waals surface area contributed by atoms with Crippen LogP contribution in [0.2, 0.25) is 0 Å². The molecular weight excluding hydrogens is 290 g/mol. The molecule has 5 nitrogen and oxygen atoms in total. The number of methoxy groups -OCH3 is 1. The van der Waals surface area contributed by atoms with Crippen molar-refractivity contribution in [2.75, 3.05) is 59.5 Å². The van der Waals surface area contributed by atoms with E-state index in [1.165, 1.54) is 0 Å². The molecule has 0 aromatic rings. The molecule has 21 heavy (non-hydrogen) atoms. The molecule has 0 aromatic heterocycles. The standard InChI is InChI=1S/C15H31N3O2.ClH/c1-4-17(5-2)10-11-18(12-13-20-3)15(19)14-6-8-16-9-7-14;/h14,16H,4-13H2,1-3H3;1H. The van der Waals surface area contributed by atoms with Crippen LogP contribution < -0.4 is 5.32 Å². The summed E-state index contributed by atoms with van der Waals surface area (Å²) in [5.41, 5.74) is 0. The van der Waals surface area contributed by atoms with Crippen LogP contribution >= 0.6 is 12.4 Å². The van der Waals surface area contributed by atoms with Crippen LogP contribution in [0.15, 0.2) is 0 Å². The molecule has 1 amide bonds. The third-order valence-electron chi connectivity index (χ3n) is 4.15. The SMILES string of the molecule is CCN(CC)CCN(CCOC)C(=O)C1CCNCC1.Cl. The van der Waals surface area contributed by atoms with Gasteiger partial charge in [0.2, 0.25) is 5.91 Å². The highest BCUT2D eigenvalue weighted by molar-refractivity contribution is 5.85. The molecule has 6 heteroatoms. The summed E-state index contributed by atoms with van der Waals surface area (Å²) >= 11 is 0. The Labute approximate surface area is 135 Å². The van der Waals surface area contributed by atoms with Gasteiger partial charge in [0.1, 0.15) is 0 Å². The Morgan fingerprint density at radius 3 is 2.29 bits per heavy atom. The average molecular weight is 322 g/mol. The molecule has 1 aliphatic rings. The Balaban J connectivity index is 0.00000400. The molecule has 0 radical (unpaired) electrons. The van der Waals surface area contributed by atoms with Crippen molar-refractivity contribution in [2.24, 2.45) is 5.92 Å². The zero-order chi connectivity index (χ0) is 14.8. The van der Waals surface area contributed by atoms with E-state index in [4.69, 9.17) is 4.74 Å². The van der Waals surface area contributed by atoms with Gasteiger partial charge in [-0.25, -0.2) is 0 Å². The first-order chi connectivity index (χ1) is 9.72. The lowest BCUT2D eigenvalue weighted by Gasteiger charge is -2.31. The van der Waals surface area contributed by atoms with Gasteiger partial charge in [-0.2, -0.15) is 0 Å². The Kier molecular flexibility index (Phi) is 12.0. The smallest absolute Gasteiger partial charge is 0.225 e. The molecule has 1 saturated heterocycles. The van der Waals surface area contributed by atoms with Gasteiger partial charge in [0.15, 0.2) is 0 Å². The fourth-order valence-electron chi connectivity index (χ4n) is 2.66. The van der Waals surface area contributed by atoms with Crippen molar-refractivity contribution in [2.45, 2.75) is 26.7 Å². The van der Waals surface area contributed by atoms with Gasteiger partial charge in [-0.3, -0.25) is 4.79 Å². The molecule has 0 unspecified atom stereocenters. The number of hydrogen-bond donors (Lipinski definition) is 1. The number of likely N-dealkylation sites (N-methyl/N-ethyl adjacent to an activating group) is 1. The second-order valence-electron chi connectivity index (χ2n) is 5.37. The number of piperidine rings is 1. The lowest BCUT2D eigenvalue weighted by atomic mass is 9.96. The van der Waals surface area contributed by atoms with Crippen LogP contribution in [0.5, 0.6) is 0 Å². The van der Waals surface area contributed by atoms with Gasteiger partial charge in [-0.05, 0) is 39.0 Å². The fourth-order valence-corrected chi connectivity index (χ4v) is 2.66.